The molecule has 0 spiro atoms. The van der Waals surface area contributed by atoms with Gasteiger partial charge in [-0.1, -0.05) is 60.7 Å². The van der Waals surface area contributed by atoms with Gasteiger partial charge in [0.05, 0.1) is 0 Å². The van der Waals surface area contributed by atoms with Crippen molar-refractivity contribution in [2.75, 3.05) is 6.54 Å². The molecule has 0 radical (unpaired) electrons. The van der Waals surface area contributed by atoms with Crippen molar-refractivity contribution in [1.82, 2.24) is 4.90 Å². The maximum absolute atomic E-state index is 5.86. The van der Waals surface area contributed by atoms with Crippen molar-refractivity contribution >= 4 is 0 Å². The average molecular weight is 308 g/mol. The van der Waals surface area contributed by atoms with Gasteiger partial charge in [0.15, 0.2) is 0 Å². The quantitative estimate of drug-likeness (QED) is 0.866. The molecule has 0 aromatic heterocycles. The molecule has 0 amide bonds. The van der Waals surface area contributed by atoms with Crippen molar-refractivity contribution in [2.45, 2.75) is 44.8 Å². The van der Waals surface area contributed by atoms with E-state index in [0.717, 1.165) is 25.6 Å². The second-order valence-electron chi connectivity index (χ2n) is 6.79. The molecule has 2 aromatic carbocycles. The Morgan fingerprint density at radius 3 is 1.65 bits per heavy atom. The van der Waals surface area contributed by atoms with Crippen LogP contribution in [0.25, 0.3) is 0 Å². The summed E-state index contributed by atoms with van der Waals surface area (Å²) in [5.41, 5.74) is 8.67. The van der Waals surface area contributed by atoms with E-state index in [1.165, 1.54) is 36.8 Å². The Morgan fingerprint density at radius 2 is 1.22 bits per heavy atom. The van der Waals surface area contributed by atoms with Gasteiger partial charge in [0.1, 0.15) is 0 Å². The molecule has 1 aliphatic carbocycles. The third kappa shape index (κ3) is 4.66. The topological polar surface area (TPSA) is 29.3 Å². The Labute approximate surface area is 140 Å². The van der Waals surface area contributed by atoms with E-state index in [1.54, 1.807) is 0 Å². The van der Waals surface area contributed by atoms with Gasteiger partial charge < -0.3 is 5.73 Å². The van der Waals surface area contributed by atoms with Crippen LogP contribution in [0.2, 0.25) is 0 Å². The summed E-state index contributed by atoms with van der Waals surface area (Å²) in [5.74, 6) is 0.738. The van der Waals surface area contributed by atoms with Gasteiger partial charge in [-0.15, -0.1) is 0 Å². The standard InChI is InChI=1S/C21H28N2/c22-15-18-11-13-21(14-12-18)23(16-19-7-3-1-4-8-19)17-20-9-5-2-6-10-20/h1-10,18,21H,11-17,22H2. The lowest BCUT2D eigenvalue weighted by atomic mass is 9.85. The molecule has 0 heterocycles. The normalized spacial score (nSPS) is 21.5. The molecule has 1 aliphatic rings. The van der Waals surface area contributed by atoms with E-state index in [2.05, 4.69) is 65.6 Å². The lowest BCUT2D eigenvalue weighted by molar-refractivity contribution is 0.123. The fourth-order valence-electron chi connectivity index (χ4n) is 3.70. The first-order valence-corrected chi connectivity index (χ1v) is 8.87. The monoisotopic (exact) mass is 308 g/mol. The minimum absolute atomic E-state index is 0.679. The van der Waals surface area contributed by atoms with Gasteiger partial charge in [-0.05, 0) is 49.3 Å². The van der Waals surface area contributed by atoms with Gasteiger partial charge in [0, 0.05) is 19.1 Å². The van der Waals surface area contributed by atoms with Gasteiger partial charge in [-0.3, -0.25) is 4.90 Å². The van der Waals surface area contributed by atoms with Gasteiger partial charge in [0.25, 0.3) is 0 Å². The minimum Gasteiger partial charge on any atom is -0.330 e. The smallest absolute Gasteiger partial charge is 0.0240 e. The summed E-state index contributed by atoms with van der Waals surface area (Å²) < 4.78 is 0. The molecule has 0 unspecified atom stereocenters. The van der Waals surface area contributed by atoms with E-state index in [9.17, 15) is 0 Å². The van der Waals surface area contributed by atoms with Crippen molar-refractivity contribution < 1.29 is 0 Å². The Morgan fingerprint density at radius 1 is 0.739 bits per heavy atom. The Kier molecular flexibility index (Phi) is 5.84. The SMILES string of the molecule is NCC1CCC(N(Cc2ccccc2)Cc2ccccc2)CC1. The lowest BCUT2D eigenvalue weighted by Gasteiger charge is -2.37. The summed E-state index contributed by atoms with van der Waals surface area (Å²) in [6.45, 7) is 2.92. The molecule has 122 valence electrons. The zero-order chi connectivity index (χ0) is 15.9. The Bertz CT molecular complexity index is 517. The maximum Gasteiger partial charge on any atom is 0.0240 e. The molecule has 0 saturated heterocycles. The van der Waals surface area contributed by atoms with Gasteiger partial charge in [-0.25, -0.2) is 0 Å². The van der Waals surface area contributed by atoms with Crippen LogP contribution in [0.4, 0.5) is 0 Å². The molecule has 2 aromatic rings. The number of nitrogens with two attached hydrogens (primary N) is 1. The van der Waals surface area contributed by atoms with Crippen LogP contribution in [0, 0.1) is 5.92 Å². The maximum atomic E-state index is 5.86. The van der Waals surface area contributed by atoms with Crippen LogP contribution in [-0.2, 0) is 13.1 Å². The number of nitrogens with zero attached hydrogens (tertiary/aromatic N) is 1. The molecular weight excluding hydrogens is 280 g/mol. The molecule has 2 heteroatoms. The van der Waals surface area contributed by atoms with Crippen LogP contribution in [0.5, 0.6) is 0 Å². The van der Waals surface area contributed by atoms with E-state index < -0.39 is 0 Å². The van der Waals surface area contributed by atoms with E-state index in [0.29, 0.717) is 6.04 Å². The van der Waals surface area contributed by atoms with Crippen LogP contribution in [0.15, 0.2) is 60.7 Å². The fourth-order valence-corrected chi connectivity index (χ4v) is 3.70. The predicted octanol–water partition coefficient (Wildman–Crippen LogP) is 4.21. The van der Waals surface area contributed by atoms with Crippen molar-refractivity contribution in [3.63, 3.8) is 0 Å². The molecule has 2 N–H and O–H groups in total. The first-order valence-electron chi connectivity index (χ1n) is 8.87. The largest absolute Gasteiger partial charge is 0.330 e. The average Bonchev–Trinajstić information content (AvgIpc) is 2.63. The number of hydrogen-bond acceptors (Lipinski definition) is 2. The molecule has 23 heavy (non-hydrogen) atoms. The zero-order valence-electron chi connectivity index (χ0n) is 13.9. The summed E-state index contributed by atoms with van der Waals surface area (Å²) in [6, 6.07) is 22.4. The van der Waals surface area contributed by atoms with Crippen molar-refractivity contribution in [1.29, 1.82) is 0 Å². The van der Waals surface area contributed by atoms with E-state index >= 15 is 0 Å². The fraction of sp³-hybridized carbons (Fsp3) is 0.429. The third-order valence-electron chi connectivity index (χ3n) is 5.12. The molecular formula is C21H28N2. The third-order valence-corrected chi connectivity index (χ3v) is 5.12. The van der Waals surface area contributed by atoms with E-state index in [-0.39, 0.29) is 0 Å². The lowest BCUT2D eigenvalue weighted by Crippen LogP contribution is -2.38. The molecule has 1 fully saturated rings. The summed E-state index contributed by atoms with van der Waals surface area (Å²) in [4.78, 5) is 2.66. The van der Waals surface area contributed by atoms with Crippen molar-refractivity contribution in [2.24, 2.45) is 11.7 Å². The van der Waals surface area contributed by atoms with Gasteiger partial charge >= 0.3 is 0 Å². The minimum atomic E-state index is 0.679. The highest BCUT2D eigenvalue weighted by Gasteiger charge is 2.25. The molecule has 3 rings (SSSR count). The summed E-state index contributed by atoms with van der Waals surface area (Å²) in [6.07, 6.45) is 5.12. The second-order valence-corrected chi connectivity index (χ2v) is 6.79. The summed E-state index contributed by atoms with van der Waals surface area (Å²) in [5, 5.41) is 0. The van der Waals surface area contributed by atoms with Gasteiger partial charge in [0.2, 0.25) is 0 Å². The summed E-state index contributed by atoms with van der Waals surface area (Å²) in [7, 11) is 0. The molecule has 2 nitrogen and oxygen atoms in total. The van der Waals surface area contributed by atoms with Crippen LogP contribution in [0.3, 0.4) is 0 Å². The highest BCUT2D eigenvalue weighted by Crippen LogP contribution is 2.29. The number of benzene rings is 2. The number of hydrogen-bond donors (Lipinski definition) is 1. The Balaban J connectivity index is 1.70. The van der Waals surface area contributed by atoms with Crippen LogP contribution in [0.1, 0.15) is 36.8 Å². The van der Waals surface area contributed by atoms with Crippen LogP contribution >= 0.6 is 0 Å². The summed E-state index contributed by atoms with van der Waals surface area (Å²) >= 11 is 0. The zero-order valence-corrected chi connectivity index (χ0v) is 13.9. The van der Waals surface area contributed by atoms with E-state index in [4.69, 9.17) is 5.73 Å². The van der Waals surface area contributed by atoms with Crippen LogP contribution < -0.4 is 5.73 Å². The Hall–Kier alpha value is -1.64. The highest BCUT2D eigenvalue weighted by molar-refractivity contribution is 5.17. The first kappa shape index (κ1) is 16.2. The van der Waals surface area contributed by atoms with Crippen molar-refractivity contribution in [3.05, 3.63) is 71.8 Å². The molecule has 0 bridgehead atoms. The predicted molar refractivity (Wildman–Crippen MR) is 96.9 cm³/mol. The van der Waals surface area contributed by atoms with E-state index in [1.807, 2.05) is 0 Å². The van der Waals surface area contributed by atoms with Gasteiger partial charge in [-0.2, -0.15) is 0 Å². The second kappa shape index (κ2) is 8.28. The molecule has 1 saturated carbocycles. The van der Waals surface area contributed by atoms with Crippen molar-refractivity contribution in [3.8, 4) is 0 Å². The molecule has 0 aliphatic heterocycles. The van der Waals surface area contributed by atoms with Crippen LogP contribution in [-0.4, -0.2) is 17.5 Å². The number of rotatable bonds is 6. The highest BCUT2D eigenvalue weighted by atomic mass is 15.2. The first-order chi connectivity index (χ1) is 11.3. The molecule has 0 atom stereocenters.